The van der Waals surface area contributed by atoms with Crippen molar-refractivity contribution in [2.75, 3.05) is 19.6 Å². The minimum atomic E-state index is -0.599. The summed E-state index contributed by atoms with van der Waals surface area (Å²) in [5, 5.41) is 3.32. The predicted octanol–water partition coefficient (Wildman–Crippen LogP) is 3.77. The van der Waals surface area contributed by atoms with Crippen LogP contribution in [0.2, 0.25) is 0 Å². The van der Waals surface area contributed by atoms with E-state index >= 15 is 0 Å². The third-order valence-corrected chi connectivity index (χ3v) is 4.66. The van der Waals surface area contributed by atoms with Gasteiger partial charge in [0.1, 0.15) is 11.6 Å². The van der Waals surface area contributed by atoms with Crippen LogP contribution in [-0.2, 0) is 4.79 Å². The Morgan fingerprint density at radius 1 is 1.46 bits per heavy atom. The lowest BCUT2D eigenvalue weighted by Crippen LogP contribution is -2.50. The zero-order valence-electron chi connectivity index (χ0n) is 14.1. The Morgan fingerprint density at radius 2 is 2.12 bits per heavy atom. The summed E-state index contributed by atoms with van der Waals surface area (Å²) >= 11 is 3.27. The Bertz CT molecular complexity index is 541. The quantitative estimate of drug-likeness (QED) is 0.757. The molecule has 1 aromatic carbocycles. The summed E-state index contributed by atoms with van der Waals surface area (Å²) in [6, 6.07) is 4.47. The summed E-state index contributed by atoms with van der Waals surface area (Å²) in [6.45, 7) is 6.45. The number of hydrogen-bond donors (Lipinski definition) is 1. The standard InChI is InChI=1S/C17H24BrFN2O2.ClH/c1-3-10-21(14-6-8-20-9-7-14)17(22)12(2)23-16-5-4-13(19)11-15(16)18;/h4-5,11-12,14,20H,3,6-10H2,1-2H3;1H. The van der Waals surface area contributed by atoms with E-state index in [1.54, 1.807) is 6.92 Å². The Morgan fingerprint density at radius 3 is 2.71 bits per heavy atom. The smallest absolute Gasteiger partial charge is 0.263 e. The summed E-state index contributed by atoms with van der Waals surface area (Å²) in [5.74, 6) is 0.134. The first-order valence-electron chi connectivity index (χ1n) is 8.15. The third-order valence-electron chi connectivity index (χ3n) is 4.04. The van der Waals surface area contributed by atoms with Crippen molar-refractivity contribution in [2.45, 2.75) is 45.3 Å². The molecule has 1 aromatic rings. The Balaban J connectivity index is 0.00000288. The van der Waals surface area contributed by atoms with Gasteiger partial charge in [0.25, 0.3) is 5.91 Å². The number of nitrogens with one attached hydrogen (secondary N) is 1. The highest BCUT2D eigenvalue weighted by molar-refractivity contribution is 9.10. The van der Waals surface area contributed by atoms with Gasteiger partial charge in [0.2, 0.25) is 0 Å². The Hall–Kier alpha value is -0.850. The van der Waals surface area contributed by atoms with E-state index in [1.807, 2.05) is 4.90 Å². The molecule has 0 radical (unpaired) electrons. The first-order chi connectivity index (χ1) is 11.0. The van der Waals surface area contributed by atoms with Crippen LogP contribution >= 0.6 is 28.3 Å². The largest absolute Gasteiger partial charge is 0.480 e. The van der Waals surface area contributed by atoms with Crippen LogP contribution in [0.25, 0.3) is 0 Å². The Kier molecular flexibility index (Phi) is 9.02. The molecule has 1 heterocycles. The highest BCUT2D eigenvalue weighted by Crippen LogP contribution is 2.27. The number of rotatable bonds is 6. The van der Waals surface area contributed by atoms with Crippen molar-refractivity contribution in [3.05, 3.63) is 28.5 Å². The van der Waals surface area contributed by atoms with Crippen LogP contribution in [0.15, 0.2) is 22.7 Å². The van der Waals surface area contributed by atoms with Gasteiger partial charge in [-0.05, 0) is 73.4 Å². The molecule has 1 saturated heterocycles. The molecular weight excluding hydrogens is 399 g/mol. The second-order valence-corrected chi connectivity index (χ2v) is 6.70. The van der Waals surface area contributed by atoms with Gasteiger partial charge < -0.3 is 15.0 Å². The zero-order chi connectivity index (χ0) is 16.8. The molecule has 1 aliphatic rings. The lowest BCUT2D eigenvalue weighted by molar-refractivity contribution is -0.141. The molecule has 1 aliphatic heterocycles. The fourth-order valence-corrected chi connectivity index (χ4v) is 3.32. The first kappa shape index (κ1) is 21.2. The van der Waals surface area contributed by atoms with Gasteiger partial charge in [0, 0.05) is 12.6 Å². The second-order valence-electron chi connectivity index (χ2n) is 5.85. The molecular formula is C17H25BrClFN2O2. The average Bonchev–Trinajstić information content (AvgIpc) is 2.55. The molecule has 0 saturated carbocycles. The van der Waals surface area contributed by atoms with Crippen LogP contribution in [0, 0.1) is 5.82 Å². The van der Waals surface area contributed by atoms with Gasteiger partial charge in [0.05, 0.1) is 4.47 Å². The van der Waals surface area contributed by atoms with E-state index in [-0.39, 0.29) is 30.2 Å². The van der Waals surface area contributed by atoms with Crippen LogP contribution in [0.3, 0.4) is 0 Å². The second kappa shape index (κ2) is 10.2. The number of nitrogens with zero attached hydrogens (tertiary/aromatic N) is 1. The van der Waals surface area contributed by atoms with Crippen molar-refractivity contribution < 1.29 is 13.9 Å². The molecule has 136 valence electrons. The number of halogens is 3. The topological polar surface area (TPSA) is 41.6 Å². The molecule has 1 N–H and O–H groups in total. The monoisotopic (exact) mass is 422 g/mol. The fourth-order valence-electron chi connectivity index (χ4n) is 2.88. The molecule has 1 fully saturated rings. The summed E-state index contributed by atoms with van der Waals surface area (Å²) < 4.78 is 19.4. The molecule has 1 atom stereocenters. The molecule has 4 nitrogen and oxygen atoms in total. The zero-order valence-corrected chi connectivity index (χ0v) is 16.5. The normalized spacial score (nSPS) is 16.2. The SMILES string of the molecule is CCCN(C(=O)C(C)Oc1ccc(F)cc1Br)C1CCNCC1.Cl. The van der Waals surface area contributed by atoms with E-state index in [0.29, 0.717) is 10.2 Å². The minimum Gasteiger partial charge on any atom is -0.480 e. The number of ether oxygens (including phenoxy) is 1. The third kappa shape index (κ3) is 5.60. The van der Waals surface area contributed by atoms with Gasteiger partial charge in [-0.15, -0.1) is 12.4 Å². The van der Waals surface area contributed by atoms with Gasteiger partial charge in [0.15, 0.2) is 6.10 Å². The van der Waals surface area contributed by atoms with Crippen molar-refractivity contribution in [3.63, 3.8) is 0 Å². The van der Waals surface area contributed by atoms with E-state index in [0.717, 1.165) is 38.9 Å². The number of benzene rings is 1. The van der Waals surface area contributed by atoms with Crippen molar-refractivity contribution in [3.8, 4) is 5.75 Å². The molecule has 0 aromatic heterocycles. The van der Waals surface area contributed by atoms with Crippen LogP contribution in [-0.4, -0.2) is 42.6 Å². The van der Waals surface area contributed by atoms with Crippen molar-refractivity contribution in [2.24, 2.45) is 0 Å². The van der Waals surface area contributed by atoms with E-state index in [4.69, 9.17) is 4.74 Å². The predicted molar refractivity (Wildman–Crippen MR) is 99.3 cm³/mol. The maximum absolute atomic E-state index is 13.1. The lowest BCUT2D eigenvalue weighted by atomic mass is 10.0. The molecule has 2 rings (SSSR count). The van der Waals surface area contributed by atoms with Crippen LogP contribution in [0.5, 0.6) is 5.75 Å². The van der Waals surface area contributed by atoms with Gasteiger partial charge in [-0.1, -0.05) is 6.92 Å². The van der Waals surface area contributed by atoms with Crippen LogP contribution in [0.1, 0.15) is 33.1 Å². The number of hydrogen-bond acceptors (Lipinski definition) is 3. The van der Waals surface area contributed by atoms with E-state index in [9.17, 15) is 9.18 Å². The number of carbonyl (C=O) groups is 1. The minimum absolute atomic E-state index is 0. The van der Waals surface area contributed by atoms with Gasteiger partial charge in [-0.3, -0.25) is 4.79 Å². The molecule has 0 aliphatic carbocycles. The van der Waals surface area contributed by atoms with E-state index < -0.39 is 6.10 Å². The summed E-state index contributed by atoms with van der Waals surface area (Å²) in [5.41, 5.74) is 0. The average molecular weight is 424 g/mol. The summed E-state index contributed by atoms with van der Waals surface area (Å²) in [4.78, 5) is 14.8. The van der Waals surface area contributed by atoms with Crippen LogP contribution < -0.4 is 10.1 Å². The van der Waals surface area contributed by atoms with Crippen LogP contribution in [0.4, 0.5) is 4.39 Å². The highest BCUT2D eigenvalue weighted by Gasteiger charge is 2.29. The number of piperidine rings is 1. The molecule has 0 bridgehead atoms. The van der Waals surface area contributed by atoms with Gasteiger partial charge >= 0.3 is 0 Å². The summed E-state index contributed by atoms with van der Waals surface area (Å²) in [7, 11) is 0. The van der Waals surface area contributed by atoms with Crippen molar-refractivity contribution in [1.29, 1.82) is 0 Å². The molecule has 24 heavy (non-hydrogen) atoms. The van der Waals surface area contributed by atoms with Crippen molar-refractivity contribution in [1.82, 2.24) is 10.2 Å². The highest BCUT2D eigenvalue weighted by atomic mass is 79.9. The van der Waals surface area contributed by atoms with E-state index in [1.165, 1.54) is 18.2 Å². The van der Waals surface area contributed by atoms with E-state index in [2.05, 4.69) is 28.2 Å². The Labute approximate surface area is 157 Å². The number of amides is 1. The maximum Gasteiger partial charge on any atom is 0.263 e. The maximum atomic E-state index is 13.1. The molecule has 0 spiro atoms. The molecule has 1 unspecified atom stereocenters. The fraction of sp³-hybridized carbons (Fsp3) is 0.588. The van der Waals surface area contributed by atoms with Crippen molar-refractivity contribution >= 4 is 34.2 Å². The van der Waals surface area contributed by atoms with Gasteiger partial charge in [-0.2, -0.15) is 0 Å². The molecule has 7 heteroatoms. The first-order valence-corrected chi connectivity index (χ1v) is 8.95. The summed E-state index contributed by atoms with van der Waals surface area (Å²) in [6.07, 6.45) is 2.26. The van der Waals surface area contributed by atoms with Gasteiger partial charge in [-0.25, -0.2) is 4.39 Å². The number of carbonyl (C=O) groups excluding carboxylic acids is 1. The molecule has 1 amide bonds. The lowest BCUT2D eigenvalue weighted by Gasteiger charge is -2.36.